The highest BCUT2D eigenvalue weighted by molar-refractivity contribution is 7.92. The van der Waals surface area contributed by atoms with E-state index in [1.807, 2.05) is 0 Å². The minimum Gasteiger partial charge on any atom is -0.507 e. The third kappa shape index (κ3) is 3.40. The maximum Gasteiger partial charge on any atom is 0.187 e. The second-order valence-corrected chi connectivity index (χ2v) is 6.64. The summed E-state index contributed by atoms with van der Waals surface area (Å²) in [6.07, 6.45) is 0. The van der Waals surface area contributed by atoms with Gasteiger partial charge in [-0.1, -0.05) is 23.7 Å². The maximum atomic E-state index is 13.1. The van der Waals surface area contributed by atoms with Crippen LogP contribution in [0.15, 0.2) is 47.4 Å². The molecule has 0 amide bonds. The molecule has 2 aromatic rings. The molecule has 0 aliphatic rings. The highest BCUT2D eigenvalue weighted by Crippen LogP contribution is 2.24. The van der Waals surface area contributed by atoms with E-state index in [0.29, 0.717) is 0 Å². The lowest BCUT2D eigenvalue weighted by Gasteiger charge is -2.07. The van der Waals surface area contributed by atoms with Crippen molar-refractivity contribution in [3.05, 3.63) is 58.9 Å². The fourth-order valence-corrected chi connectivity index (χ4v) is 3.55. The molecule has 0 radical (unpaired) electrons. The molecule has 0 unspecified atom stereocenters. The van der Waals surface area contributed by atoms with Gasteiger partial charge < -0.3 is 5.11 Å². The minimum atomic E-state index is -3.98. The zero-order valence-corrected chi connectivity index (χ0v) is 12.2. The Morgan fingerprint density at radius 3 is 2.52 bits per heavy atom. The molecule has 0 spiro atoms. The zero-order chi connectivity index (χ0) is 15.6. The van der Waals surface area contributed by atoms with Gasteiger partial charge in [0, 0.05) is 0 Å². The van der Waals surface area contributed by atoms with Crippen LogP contribution in [0.4, 0.5) is 4.39 Å². The summed E-state index contributed by atoms with van der Waals surface area (Å²) in [5.74, 6) is -3.04. The number of aromatic hydroxyl groups is 1. The Labute approximate surface area is 125 Å². The smallest absolute Gasteiger partial charge is 0.187 e. The standard InChI is InChI=1S/C14H10ClFO4S/c15-11-3-1-2-4-14(11)21(19,20)8-13(18)10-7-9(16)5-6-12(10)17/h1-7,17H,8H2. The van der Waals surface area contributed by atoms with Gasteiger partial charge in [-0.05, 0) is 30.3 Å². The maximum absolute atomic E-state index is 13.1. The SMILES string of the molecule is O=C(CS(=O)(=O)c1ccccc1Cl)c1cc(F)ccc1O. The van der Waals surface area contributed by atoms with Crippen molar-refractivity contribution in [2.45, 2.75) is 4.90 Å². The molecular weight excluding hydrogens is 319 g/mol. The second kappa shape index (κ2) is 5.83. The Hall–Kier alpha value is -1.92. The van der Waals surface area contributed by atoms with Crippen LogP contribution in [0, 0.1) is 5.82 Å². The molecule has 0 bridgehead atoms. The molecule has 21 heavy (non-hydrogen) atoms. The molecule has 7 heteroatoms. The van der Waals surface area contributed by atoms with Gasteiger partial charge in [-0.3, -0.25) is 4.79 Å². The Morgan fingerprint density at radius 2 is 1.86 bits per heavy atom. The fraction of sp³-hybridized carbons (Fsp3) is 0.0714. The Balaban J connectivity index is 2.35. The number of hydrogen-bond acceptors (Lipinski definition) is 4. The number of carbonyl (C=O) groups is 1. The summed E-state index contributed by atoms with van der Waals surface area (Å²) in [5, 5.41) is 9.51. The first-order valence-corrected chi connectivity index (χ1v) is 7.83. The van der Waals surface area contributed by atoms with Crippen LogP contribution in [0.2, 0.25) is 5.02 Å². The van der Waals surface area contributed by atoms with Crippen LogP contribution in [-0.2, 0) is 9.84 Å². The largest absolute Gasteiger partial charge is 0.507 e. The average Bonchev–Trinajstić information content (AvgIpc) is 2.41. The van der Waals surface area contributed by atoms with Crippen LogP contribution in [0.5, 0.6) is 5.75 Å². The van der Waals surface area contributed by atoms with Crippen LogP contribution in [0.25, 0.3) is 0 Å². The van der Waals surface area contributed by atoms with Gasteiger partial charge in [0.15, 0.2) is 15.6 Å². The molecule has 2 rings (SSSR count). The van der Waals surface area contributed by atoms with Gasteiger partial charge >= 0.3 is 0 Å². The van der Waals surface area contributed by atoms with Crippen molar-refractivity contribution in [3.8, 4) is 5.75 Å². The molecule has 2 aromatic carbocycles. The van der Waals surface area contributed by atoms with Gasteiger partial charge in [0.25, 0.3) is 0 Å². The third-order valence-corrected chi connectivity index (χ3v) is 4.86. The molecule has 0 atom stereocenters. The molecule has 1 N–H and O–H groups in total. The van der Waals surface area contributed by atoms with Crippen molar-refractivity contribution < 1.29 is 22.7 Å². The number of ketones is 1. The van der Waals surface area contributed by atoms with Crippen molar-refractivity contribution >= 4 is 27.2 Å². The summed E-state index contributed by atoms with van der Waals surface area (Å²) in [7, 11) is -3.98. The summed E-state index contributed by atoms with van der Waals surface area (Å²) >= 11 is 5.79. The zero-order valence-electron chi connectivity index (χ0n) is 10.6. The number of phenolic OH excluding ortho intramolecular Hbond substituents is 1. The normalized spacial score (nSPS) is 11.3. The highest BCUT2D eigenvalue weighted by Gasteiger charge is 2.24. The predicted octanol–water partition coefficient (Wildman–Crippen LogP) is 2.84. The van der Waals surface area contributed by atoms with Crippen LogP contribution in [0.1, 0.15) is 10.4 Å². The van der Waals surface area contributed by atoms with Gasteiger partial charge in [0.2, 0.25) is 0 Å². The number of benzene rings is 2. The third-order valence-electron chi connectivity index (χ3n) is 2.75. The lowest BCUT2D eigenvalue weighted by atomic mass is 10.1. The van der Waals surface area contributed by atoms with Crippen molar-refractivity contribution in [1.82, 2.24) is 0 Å². The molecule has 0 saturated carbocycles. The van der Waals surface area contributed by atoms with E-state index >= 15 is 0 Å². The lowest BCUT2D eigenvalue weighted by Crippen LogP contribution is -2.17. The van der Waals surface area contributed by atoms with E-state index in [4.69, 9.17) is 11.6 Å². The molecular formula is C14H10ClFO4S. The number of Topliss-reactive ketones (excluding diaryl/α,β-unsaturated/α-hetero) is 1. The summed E-state index contributed by atoms with van der Waals surface area (Å²) < 4.78 is 37.4. The van der Waals surface area contributed by atoms with E-state index in [1.165, 1.54) is 18.2 Å². The van der Waals surface area contributed by atoms with Crippen LogP contribution < -0.4 is 0 Å². The molecule has 0 aliphatic carbocycles. The molecule has 0 saturated heterocycles. The molecule has 0 fully saturated rings. The van der Waals surface area contributed by atoms with Crippen LogP contribution in [0.3, 0.4) is 0 Å². The topological polar surface area (TPSA) is 71.4 Å². The van der Waals surface area contributed by atoms with Gasteiger partial charge in [-0.25, -0.2) is 12.8 Å². The van der Waals surface area contributed by atoms with E-state index in [2.05, 4.69) is 0 Å². The van der Waals surface area contributed by atoms with E-state index in [1.54, 1.807) is 6.07 Å². The van der Waals surface area contributed by atoms with E-state index in [-0.39, 0.29) is 15.5 Å². The van der Waals surface area contributed by atoms with Crippen LogP contribution >= 0.6 is 11.6 Å². The average molecular weight is 329 g/mol. The first kappa shape index (κ1) is 15.5. The van der Waals surface area contributed by atoms with Crippen molar-refractivity contribution in [3.63, 3.8) is 0 Å². The summed E-state index contributed by atoms with van der Waals surface area (Å²) in [6.45, 7) is 0. The van der Waals surface area contributed by atoms with E-state index < -0.39 is 32.9 Å². The summed E-state index contributed by atoms with van der Waals surface area (Å²) in [4.78, 5) is 11.8. The molecule has 110 valence electrons. The number of hydrogen-bond donors (Lipinski definition) is 1. The minimum absolute atomic E-state index is 0.00577. The Bertz CT molecular complexity index is 802. The Kier molecular flexibility index (Phi) is 4.29. The molecule has 0 aromatic heterocycles. The number of halogens is 2. The van der Waals surface area contributed by atoms with E-state index in [9.17, 15) is 22.7 Å². The fourth-order valence-electron chi connectivity index (χ4n) is 1.76. The van der Waals surface area contributed by atoms with E-state index in [0.717, 1.165) is 18.2 Å². The summed E-state index contributed by atoms with van der Waals surface area (Å²) in [6, 6.07) is 8.44. The molecule has 0 aliphatic heterocycles. The van der Waals surface area contributed by atoms with Crippen molar-refractivity contribution in [1.29, 1.82) is 0 Å². The van der Waals surface area contributed by atoms with Crippen molar-refractivity contribution in [2.75, 3.05) is 5.75 Å². The lowest BCUT2D eigenvalue weighted by molar-refractivity contribution is 0.101. The number of carbonyl (C=O) groups excluding carboxylic acids is 1. The van der Waals surface area contributed by atoms with Crippen LogP contribution in [-0.4, -0.2) is 25.1 Å². The second-order valence-electron chi connectivity index (χ2n) is 4.27. The first-order valence-electron chi connectivity index (χ1n) is 5.80. The number of rotatable bonds is 4. The first-order chi connectivity index (χ1) is 9.81. The number of phenols is 1. The summed E-state index contributed by atoms with van der Waals surface area (Å²) in [5.41, 5.74) is -0.384. The van der Waals surface area contributed by atoms with Gasteiger partial charge in [-0.15, -0.1) is 0 Å². The quantitative estimate of drug-likeness (QED) is 0.876. The van der Waals surface area contributed by atoms with Crippen molar-refractivity contribution in [2.24, 2.45) is 0 Å². The predicted molar refractivity (Wildman–Crippen MR) is 75.9 cm³/mol. The number of sulfone groups is 1. The molecule has 0 heterocycles. The monoisotopic (exact) mass is 328 g/mol. The molecule has 4 nitrogen and oxygen atoms in total. The highest BCUT2D eigenvalue weighted by atomic mass is 35.5. The van der Waals surface area contributed by atoms with Gasteiger partial charge in [-0.2, -0.15) is 0 Å². The Morgan fingerprint density at radius 1 is 1.19 bits per heavy atom. The van der Waals surface area contributed by atoms with Gasteiger partial charge in [0.1, 0.15) is 17.3 Å². The van der Waals surface area contributed by atoms with Gasteiger partial charge in [0.05, 0.1) is 15.5 Å².